The van der Waals surface area contributed by atoms with E-state index in [-0.39, 0.29) is 0 Å². The maximum atomic E-state index is 12.6. The topological polar surface area (TPSA) is 38.0 Å². The molecule has 2 aromatic carbocycles. The highest BCUT2D eigenvalue weighted by Crippen LogP contribution is 2.34. The Labute approximate surface area is 129 Å². The van der Waals surface area contributed by atoms with Crippen LogP contribution < -0.4 is 11.3 Å². The molecular formula is C14H11Cl2F3N2. The third-order valence-electron chi connectivity index (χ3n) is 3.03. The molecular weight excluding hydrogens is 324 g/mol. The van der Waals surface area contributed by atoms with Gasteiger partial charge in [0.05, 0.1) is 21.7 Å². The monoisotopic (exact) mass is 334 g/mol. The van der Waals surface area contributed by atoms with E-state index in [1.165, 1.54) is 12.1 Å². The van der Waals surface area contributed by atoms with Crippen molar-refractivity contribution in [3.63, 3.8) is 0 Å². The summed E-state index contributed by atoms with van der Waals surface area (Å²) in [4.78, 5) is 0. The van der Waals surface area contributed by atoms with E-state index in [9.17, 15) is 13.2 Å². The second kappa shape index (κ2) is 6.23. The van der Waals surface area contributed by atoms with Crippen LogP contribution in [0.4, 0.5) is 13.2 Å². The van der Waals surface area contributed by atoms with Gasteiger partial charge in [-0.05, 0) is 29.3 Å². The lowest BCUT2D eigenvalue weighted by Crippen LogP contribution is -2.29. The highest BCUT2D eigenvalue weighted by molar-refractivity contribution is 6.42. The highest BCUT2D eigenvalue weighted by atomic mass is 35.5. The number of hydrazine groups is 1. The third-order valence-corrected chi connectivity index (χ3v) is 3.86. The maximum absolute atomic E-state index is 12.6. The van der Waals surface area contributed by atoms with Crippen LogP contribution >= 0.6 is 23.2 Å². The first-order valence-corrected chi connectivity index (χ1v) is 6.67. The zero-order valence-corrected chi connectivity index (χ0v) is 12.1. The van der Waals surface area contributed by atoms with Crippen molar-refractivity contribution in [2.24, 2.45) is 5.84 Å². The van der Waals surface area contributed by atoms with E-state index in [4.69, 9.17) is 29.0 Å². The smallest absolute Gasteiger partial charge is 0.271 e. The van der Waals surface area contributed by atoms with Gasteiger partial charge in [0.15, 0.2) is 0 Å². The molecule has 2 nitrogen and oxygen atoms in total. The zero-order chi connectivity index (χ0) is 15.6. The van der Waals surface area contributed by atoms with Crippen molar-refractivity contribution in [2.75, 3.05) is 0 Å². The van der Waals surface area contributed by atoms with Crippen LogP contribution in [-0.4, -0.2) is 0 Å². The van der Waals surface area contributed by atoms with Crippen molar-refractivity contribution in [3.8, 4) is 0 Å². The van der Waals surface area contributed by atoms with Gasteiger partial charge in [-0.2, -0.15) is 13.2 Å². The largest absolute Gasteiger partial charge is 0.416 e. The Morgan fingerprint density at radius 3 is 2.14 bits per heavy atom. The first-order valence-electron chi connectivity index (χ1n) is 5.91. The summed E-state index contributed by atoms with van der Waals surface area (Å²) >= 11 is 12.1. The SMILES string of the molecule is NNC(c1ccc(C(F)(F)F)cc1)c1cccc(Cl)c1Cl. The van der Waals surface area contributed by atoms with Crippen LogP contribution in [0.3, 0.4) is 0 Å². The summed E-state index contributed by atoms with van der Waals surface area (Å²) in [6, 6.07) is 9.16. The van der Waals surface area contributed by atoms with E-state index in [1.54, 1.807) is 18.2 Å². The van der Waals surface area contributed by atoms with Crippen LogP contribution in [0.25, 0.3) is 0 Å². The summed E-state index contributed by atoms with van der Waals surface area (Å²) in [5, 5.41) is 0.656. The molecule has 0 fully saturated rings. The molecule has 2 aromatic rings. The van der Waals surface area contributed by atoms with E-state index in [0.717, 1.165) is 12.1 Å². The van der Waals surface area contributed by atoms with Crippen molar-refractivity contribution in [2.45, 2.75) is 12.2 Å². The van der Waals surface area contributed by atoms with E-state index in [2.05, 4.69) is 5.43 Å². The molecule has 0 aliphatic heterocycles. The van der Waals surface area contributed by atoms with Crippen LogP contribution in [0.1, 0.15) is 22.7 Å². The molecule has 0 saturated heterocycles. The number of benzene rings is 2. The van der Waals surface area contributed by atoms with Crippen LogP contribution in [0.2, 0.25) is 10.0 Å². The van der Waals surface area contributed by atoms with Crippen LogP contribution in [0.5, 0.6) is 0 Å². The minimum absolute atomic E-state index is 0.307. The molecule has 21 heavy (non-hydrogen) atoms. The first-order chi connectivity index (χ1) is 9.84. The van der Waals surface area contributed by atoms with Gasteiger partial charge in [0.25, 0.3) is 0 Å². The van der Waals surface area contributed by atoms with E-state index in [0.29, 0.717) is 21.2 Å². The Kier molecular flexibility index (Phi) is 4.78. The predicted molar refractivity (Wildman–Crippen MR) is 77.1 cm³/mol. The summed E-state index contributed by atoms with van der Waals surface area (Å²) in [5.41, 5.74) is 2.95. The second-order valence-electron chi connectivity index (χ2n) is 4.36. The summed E-state index contributed by atoms with van der Waals surface area (Å²) in [5.74, 6) is 5.51. The molecule has 7 heteroatoms. The predicted octanol–water partition coefficient (Wildman–Crippen LogP) is 4.56. The Hall–Kier alpha value is -1.27. The lowest BCUT2D eigenvalue weighted by molar-refractivity contribution is -0.137. The standard InChI is InChI=1S/C14H11Cl2F3N2/c15-11-3-1-2-10(12(11)16)13(21-20)8-4-6-9(7-5-8)14(17,18)19/h1-7,13,21H,20H2. The molecule has 112 valence electrons. The molecule has 0 bridgehead atoms. The molecule has 0 aliphatic rings. The molecule has 0 spiro atoms. The van der Waals surface area contributed by atoms with E-state index in [1.807, 2.05) is 0 Å². The number of nitrogens with one attached hydrogen (secondary N) is 1. The normalized spacial score (nSPS) is 13.2. The van der Waals surface area contributed by atoms with E-state index >= 15 is 0 Å². The average molecular weight is 335 g/mol. The highest BCUT2D eigenvalue weighted by Gasteiger charge is 2.30. The van der Waals surface area contributed by atoms with Crippen molar-refractivity contribution in [1.82, 2.24) is 5.43 Å². The van der Waals surface area contributed by atoms with Crippen molar-refractivity contribution in [3.05, 3.63) is 69.2 Å². The summed E-state index contributed by atoms with van der Waals surface area (Å²) in [6.07, 6.45) is -4.38. The van der Waals surface area contributed by atoms with Gasteiger partial charge in [-0.1, -0.05) is 47.5 Å². The van der Waals surface area contributed by atoms with Gasteiger partial charge < -0.3 is 0 Å². The van der Waals surface area contributed by atoms with Crippen LogP contribution in [0.15, 0.2) is 42.5 Å². The quantitative estimate of drug-likeness (QED) is 0.637. The van der Waals surface area contributed by atoms with Crippen molar-refractivity contribution < 1.29 is 13.2 Å². The zero-order valence-electron chi connectivity index (χ0n) is 10.6. The minimum Gasteiger partial charge on any atom is -0.271 e. The minimum atomic E-state index is -4.38. The van der Waals surface area contributed by atoms with Gasteiger partial charge >= 0.3 is 6.18 Å². The van der Waals surface area contributed by atoms with Gasteiger partial charge in [0.2, 0.25) is 0 Å². The molecule has 0 aromatic heterocycles. The maximum Gasteiger partial charge on any atom is 0.416 e. The average Bonchev–Trinajstić information content (AvgIpc) is 2.44. The van der Waals surface area contributed by atoms with Crippen molar-refractivity contribution >= 4 is 23.2 Å². The fraction of sp³-hybridized carbons (Fsp3) is 0.143. The molecule has 3 N–H and O–H groups in total. The fourth-order valence-corrected chi connectivity index (χ4v) is 2.39. The number of hydrogen-bond donors (Lipinski definition) is 2. The molecule has 1 atom stereocenters. The van der Waals surface area contributed by atoms with Gasteiger partial charge in [-0.3, -0.25) is 5.84 Å². The van der Waals surface area contributed by atoms with Gasteiger partial charge in [0.1, 0.15) is 0 Å². The second-order valence-corrected chi connectivity index (χ2v) is 5.15. The fourth-order valence-electron chi connectivity index (χ4n) is 1.97. The molecule has 0 aliphatic carbocycles. The Morgan fingerprint density at radius 2 is 1.62 bits per heavy atom. The van der Waals surface area contributed by atoms with E-state index < -0.39 is 17.8 Å². The van der Waals surface area contributed by atoms with Crippen LogP contribution in [-0.2, 0) is 6.18 Å². The van der Waals surface area contributed by atoms with Crippen LogP contribution in [0, 0.1) is 0 Å². The molecule has 0 radical (unpaired) electrons. The Balaban J connectivity index is 2.40. The number of hydrogen-bond acceptors (Lipinski definition) is 2. The van der Waals surface area contributed by atoms with Gasteiger partial charge in [-0.25, -0.2) is 5.43 Å². The molecule has 0 saturated carbocycles. The number of alkyl halides is 3. The summed E-state index contributed by atoms with van der Waals surface area (Å²) < 4.78 is 37.7. The Bertz CT molecular complexity index is 627. The third kappa shape index (κ3) is 3.49. The van der Waals surface area contributed by atoms with Gasteiger partial charge in [0, 0.05) is 0 Å². The van der Waals surface area contributed by atoms with Gasteiger partial charge in [-0.15, -0.1) is 0 Å². The summed E-state index contributed by atoms with van der Waals surface area (Å²) in [6.45, 7) is 0. The molecule has 2 rings (SSSR count). The molecule has 0 heterocycles. The lowest BCUT2D eigenvalue weighted by Gasteiger charge is -2.19. The summed E-state index contributed by atoms with van der Waals surface area (Å²) in [7, 11) is 0. The number of nitrogens with two attached hydrogens (primary N) is 1. The number of rotatable bonds is 3. The number of halogens is 5. The Morgan fingerprint density at radius 1 is 1.00 bits per heavy atom. The molecule has 1 unspecified atom stereocenters. The molecule has 0 amide bonds. The first kappa shape index (κ1) is 16.1. The van der Waals surface area contributed by atoms with Crippen molar-refractivity contribution in [1.29, 1.82) is 0 Å². The lowest BCUT2D eigenvalue weighted by atomic mass is 9.98.